The van der Waals surface area contributed by atoms with E-state index in [4.69, 9.17) is 14.6 Å². The molecule has 0 aliphatic heterocycles. The Morgan fingerprint density at radius 2 is 2.05 bits per heavy atom. The van der Waals surface area contributed by atoms with Gasteiger partial charge in [-0.25, -0.2) is 0 Å². The van der Waals surface area contributed by atoms with Gasteiger partial charge < -0.3 is 19.9 Å². The number of unbranched alkanes of at least 4 members (excludes halogenated alkanes) is 1. The van der Waals surface area contributed by atoms with Gasteiger partial charge in [0.2, 0.25) is 0 Å². The Hall–Kier alpha value is -1.26. The van der Waals surface area contributed by atoms with Gasteiger partial charge in [0.05, 0.1) is 13.2 Å². The number of hydrogen-bond donors (Lipinski definition) is 2. The number of benzene rings is 1. The zero-order chi connectivity index (χ0) is 14.2. The Kier molecular flexibility index (Phi) is 6.15. The Bertz CT molecular complexity index is 405. The van der Waals surface area contributed by atoms with E-state index >= 15 is 0 Å². The Morgan fingerprint density at radius 3 is 2.75 bits per heavy atom. The number of aliphatic hydroxyl groups is 1. The van der Waals surface area contributed by atoms with Gasteiger partial charge in [-0.05, 0) is 50.3 Å². The van der Waals surface area contributed by atoms with Gasteiger partial charge in [0, 0.05) is 19.2 Å². The highest BCUT2D eigenvalue weighted by Gasteiger charge is 2.20. The van der Waals surface area contributed by atoms with Gasteiger partial charge in [-0.3, -0.25) is 0 Å². The number of rotatable bonds is 10. The van der Waals surface area contributed by atoms with Crippen molar-refractivity contribution in [2.24, 2.45) is 0 Å². The number of hydrogen-bond acceptors (Lipinski definition) is 4. The summed E-state index contributed by atoms with van der Waals surface area (Å²) in [6.07, 6.45) is 4.22. The minimum Gasteiger partial charge on any atom is -0.490 e. The normalized spacial score (nSPS) is 14.3. The van der Waals surface area contributed by atoms with Crippen molar-refractivity contribution in [3.63, 3.8) is 0 Å². The van der Waals surface area contributed by atoms with Crippen LogP contribution in [-0.2, 0) is 6.54 Å². The van der Waals surface area contributed by atoms with Crippen molar-refractivity contribution in [1.29, 1.82) is 0 Å². The zero-order valence-electron chi connectivity index (χ0n) is 12.2. The molecule has 4 heteroatoms. The smallest absolute Gasteiger partial charge is 0.161 e. The van der Waals surface area contributed by atoms with Crippen LogP contribution < -0.4 is 14.8 Å². The molecule has 0 amide bonds. The summed E-state index contributed by atoms with van der Waals surface area (Å²) in [6.45, 7) is 4.32. The van der Waals surface area contributed by atoms with Crippen LogP contribution in [0.5, 0.6) is 11.5 Å². The Morgan fingerprint density at radius 1 is 1.20 bits per heavy atom. The minimum absolute atomic E-state index is 0.216. The third-order valence-electron chi connectivity index (χ3n) is 3.29. The van der Waals surface area contributed by atoms with E-state index in [0.29, 0.717) is 19.3 Å². The predicted octanol–water partition coefficient (Wildman–Crippen LogP) is 2.49. The van der Waals surface area contributed by atoms with Crippen molar-refractivity contribution in [3.05, 3.63) is 23.8 Å². The third-order valence-corrected chi connectivity index (χ3v) is 3.29. The van der Waals surface area contributed by atoms with Gasteiger partial charge in [-0.15, -0.1) is 0 Å². The average molecular weight is 279 g/mol. The van der Waals surface area contributed by atoms with E-state index in [2.05, 4.69) is 17.4 Å². The summed E-state index contributed by atoms with van der Waals surface area (Å²) in [5.74, 6) is 1.60. The fourth-order valence-electron chi connectivity index (χ4n) is 2.00. The van der Waals surface area contributed by atoms with E-state index in [-0.39, 0.29) is 6.61 Å². The van der Waals surface area contributed by atoms with Gasteiger partial charge in [0.25, 0.3) is 0 Å². The maximum absolute atomic E-state index is 8.76. The lowest BCUT2D eigenvalue weighted by Crippen LogP contribution is -2.15. The van der Waals surface area contributed by atoms with Gasteiger partial charge in [0.15, 0.2) is 11.5 Å². The lowest BCUT2D eigenvalue weighted by atomic mass is 10.2. The maximum atomic E-state index is 8.76. The van der Waals surface area contributed by atoms with Crippen molar-refractivity contribution < 1.29 is 14.6 Å². The summed E-state index contributed by atoms with van der Waals surface area (Å²) in [5.41, 5.74) is 1.23. The number of nitrogens with one attached hydrogen (secondary N) is 1. The standard InChI is InChI=1S/C16H25NO3/c1-2-19-16-11-13(12-17-14-6-7-14)5-8-15(16)20-10-4-3-9-18/h5,8,11,14,17-18H,2-4,6-7,9-10,12H2,1H3. The monoisotopic (exact) mass is 279 g/mol. The van der Waals surface area contributed by atoms with Crippen LogP contribution in [0.3, 0.4) is 0 Å². The van der Waals surface area contributed by atoms with Crippen LogP contribution in [0.1, 0.15) is 38.2 Å². The highest BCUT2D eigenvalue weighted by molar-refractivity contribution is 5.43. The molecule has 0 saturated heterocycles. The fraction of sp³-hybridized carbons (Fsp3) is 0.625. The first-order valence-corrected chi connectivity index (χ1v) is 7.56. The molecular formula is C16H25NO3. The van der Waals surface area contributed by atoms with E-state index in [0.717, 1.165) is 30.9 Å². The van der Waals surface area contributed by atoms with E-state index in [9.17, 15) is 0 Å². The van der Waals surface area contributed by atoms with Crippen LogP contribution in [0.4, 0.5) is 0 Å². The van der Waals surface area contributed by atoms with Gasteiger partial charge in [-0.2, -0.15) is 0 Å². The molecule has 0 atom stereocenters. The zero-order valence-corrected chi connectivity index (χ0v) is 12.2. The summed E-state index contributed by atoms with van der Waals surface area (Å²) >= 11 is 0. The summed E-state index contributed by atoms with van der Waals surface area (Å²) < 4.78 is 11.4. The van der Waals surface area contributed by atoms with E-state index in [1.807, 2.05) is 13.0 Å². The second kappa shape index (κ2) is 8.12. The molecule has 0 unspecified atom stereocenters. The average Bonchev–Trinajstić information content (AvgIpc) is 3.27. The SMILES string of the molecule is CCOc1cc(CNC2CC2)ccc1OCCCCO. The largest absolute Gasteiger partial charge is 0.490 e. The van der Waals surface area contributed by atoms with Crippen molar-refractivity contribution in [2.75, 3.05) is 19.8 Å². The summed E-state index contributed by atoms with van der Waals surface area (Å²) in [5, 5.41) is 12.3. The van der Waals surface area contributed by atoms with E-state index in [1.54, 1.807) is 0 Å². The third kappa shape index (κ3) is 5.02. The molecule has 1 aliphatic rings. The molecular weight excluding hydrogens is 254 g/mol. The lowest BCUT2D eigenvalue weighted by Gasteiger charge is -2.13. The highest BCUT2D eigenvalue weighted by Crippen LogP contribution is 2.29. The predicted molar refractivity (Wildman–Crippen MR) is 79.3 cm³/mol. The highest BCUT2D eigenvalue weighted by atomic mass is 16.5. The van der Waals surface area contributed by atoms with Crippen LogP contribution in [-0.4, -0.2) is 31.0 Å². The van der Waals surface area contributed by atoms with Crippen molar-refractivity contribution >= 4 is 0 Å². The van der Waals surface area contributed by atoms with Crippen molar-refractivity contribution in [1.82, 2.24) is 5.32 Å². The van der Waals surface area contributed by atoms with Crippen LogP contribution in [0, 0.1) is 0 Å². The van der Waals surface area contributed by atoms with Crippen LogP contribution in [0.15, 0.2) is 18.2 Å². The molecule has 1 aromatic carbocycles. The molecule has 0 heterocycles. The van der Waals surface area contributed by atoms with Gasteiger partial charge in [0.1, 0.15) is 0 Å². The van der Waals surface area contributed by atoms with Gasteiger partial charge >= 0.3 is 0 Å². The molecule has 2 N–H and O–H groups in total. The molecule has 20 heavy (non-hydrogen) atoms. The first kappa shape index (κ1) is 15.1. The molecule has 1 aromatic rings. The molecule has 0 aromatic heterocycles. The molecule has 1 saturated carbocycles. The Labute approximate surface area is 121 Å². The molecule has 0 spiro atoms. The molecule has 4 nitrogen and oxygen atoms in total. The maximum Gasteiger partial charge on any atom is 0.161 e. The van der Waals surface area contributed by atoms with Crippen LogP contribution >= 0.6 is 0 Å². The topological polar surface area (TPSA) is 50.7 Å². The molecule has 2 rings (SSSR count). The first-order chi connectivity index (χ1) is 9.83. The summed E-state index contributed by atoms with van der Waals surface area (Å²) in [4.78, 5) is 0. The van der Waals surface area contributed by atoms with Gasteiger partial charge in [-0.1, -0.05) is 6.07 Å². The fourth-order valence-corrected chi connectivity index (χ4v) is 2.00. The Balaban J connectivity index is 1.90. The van der Waals surface area contributed by atoms with E-state index in [1.165, 1.54) is 18.4 Å². The number of aliphatic hydroxyl groups excluding tert-OH is 1. The molecule has 0 bridgehead atoms. The second-order valence-electron chi connectivity index (χ2n) is 5.15. The molecule has 112 valence electrons. The number of ether oxygens (including phenoxy) is 2. The minimum atomic E-state index is 0.216. The van der Waals surface area contributed by atoms with E-state index < -0.39 is 0 Å². The second-order valence-corrected chi connectivity index (χ2v) is 5.15. The lowest BCUT2D eigenvalue weighted by molar-refractivity contribution is 0.243. The summed E-state index contributed by atoms with van der Waals surface area (Å²) in [6, 6.07) is 6.83. The quantitative estimate of drug-likeness (QED) is 0.646. The molecule has 0 radical (unpaired) electrons. The van der Waals surface area contributed by atoms with Crippen LogP contribution in [0.25, 0.3) is 0 Å². The first-order valence-electron chi connectivity index (χ1n) is 7.56. The van der Waals surface area contributed by atoms with Crippen molar-refractivity contribution in [2.45, 2.75) is 45.2 Å². The molecule has 1 aliphatic carbocycles. The van der Waals surface area contributed by atoms with Crippen LogP contribution in [0.2, 0.25) is 0 Å². The summed E-state index contributed by atoms with van der Waals surface area (Å²) in [7, 11) is 0. The molecule has 1 fully saturated rings. The van der Waals surface area contributed by atoms with Crippen molar-refractivity contribution in [3.8, 4) is 11.5 Å².